The number of aryl methyl sites for hydroxylation is 1. The Kier molecular flexibility index (Phi) is 5.48. The van der Waals surface area contributed by atoms with Crippen LogP contribution in [-0.2, 0) is 0 Å². The van der Waals surface area contributed by atoms with E-state index < -0.39 is 0 Å². The van der Waals surface area contributed by atoms with Crippen molar-refractivity contribution in [3.63, 3.8) is 0 Å². The fraction of sp³-hybridized carbons (Fsp3) is 0.526. The smallest absolute Gasteiger partial charge is 0.150 e. The fourth-order valence-corrected chi connectivity index (χ4v) is 3.38. The van der Waals surface area contributed by atoms with Gasteiger partial charge in [-0.2, -0.15) is 5.10 Å². The van der Waals surface area contributed by atoms with E-state index in [1.807, 2.05) is 12.1 Å². The highest BCUT2D eigenvalue weighted by atomic mass is 15.2. The Morgan fingerprint density at radius 2 is 1.96 bits per heavy atom. The van der Waals surface area contributed by atoms with Gasteiger partial charge in [0.05, 0.1) is 11.9 Å². The maximum Gasteiger partial charge on any atom is 0.150 e. The Balaban J connectivity index is 1.72. The van der Waals surface area contributed by atoms with E-state index in [1.54, 1.807) is 6.20 Å². The number of hydrogen-bond donors (Lipinski definition) is 3. The van der Waals surface area contributed by atoms with Gasteiger partial charge < -0.3 is 16.4 Å². The third-order valence-corrected chi connectivity index (χ3v) is 4.76. The van der Waals surface area contributed by atoms with Crippen LogP contribution in [0.2, 0.25) is 0 Å². The van der Waals surface area contributed by atoms with E-state index >= 15 is 0 Å². The van der Waals surface area contributed by atoms with E-state index in [4.69, 9.17) is 10.7 Å². The van der Waals surface area contributed by atoms with Crippen molar-refractivity contribution in [2.45, 2.75) is 64.5 Å². The summed E-state index contributed by atoms with van der Waals surface area (Å²) in [6.07, 6.45) is 6.28. The summed E-state index contributed by atoms with van der Waals surface area (Å²) in [6, 6.07) is 6.50. The molecule has 2 aromatic heterocycles. The van der Waals surface area contributed by atoms with Crippen LogP contribution >= 0.6 is 0 Å². The molecule has 0 saturated heterocycles. The minimum Gasteiger partial charge on any atom is -0.364 e. The van der Waals surface area contributed by atoms with E-state index in [9.17, 15) is 0 Å². The highest BCUT2D eigenvalue weighted by Gasteiger charge is 2.22. The predicted molar refractivity (Wildman–Crippen MR) is 102 cm³/mol. The van der Waals surface area contributed by atoms with Gasteiger partial charge in [-0.15, -0.1) is 5.10 Å². The van der Waals surface area contributed by atoms with Crippen molar-refractivity contribution < 1.29 is 0 Å². The molecule has 134 valence electrons. The first-order valence-electron chi connectivity index (χ1n) is 9.12. The second-order valence-electron chi connectivity index (χ2n) is 7.21. The molecule has 0 radical (unpaired) electrons. The molecule has 6 heteroatoms. The zero-order valence-electron chi connectivity index (χ0n) is 15.3. The molecule has 0 aromatic carbocycles. The van der Waals surface area contributed by atoms with Crippen LogP contribution in [0.15, 0.2) is 24.4 Å². The second-order valence-corrected chi connectivity index (χ2v) is 7.21. The Morgan fingerprint density at radius 1 is 1.16 bits per heavy atom. The van der Waals surface area contributed by atoms with Crippen LogP contribution in [-0.4, -0.2) is 27.3 Å². The van der Waals surface area contributed by atoms with Crippen molar-refractivity contribution in [1.29, 1.82) is 0 Å². The maximum atomic E-state index is 6.21. The lowest BCUT2D eigenvalue weighted by molar-refractivity contribution is 0.403. The van der Waals surface area contributed by atoms with Gasteiger partial charge in [-0.1, -0.05) is 32.8 Å². The van der Waals surface area contributed by atoms with Crippen LogP contribution in [0.5, 0.6) is 0 Å². The Morgan fingerprint density at radius 3 is 2.72 bits per heavy atom. The highest BCUT2D eigenvalue weighted by Crippen LogP contribution is 2.23. The van der Waals surface area contributed by atoms with Gasteiger partial charge in [0, 0.05) is 23.8 Å². The monoisotopic (exact) mass is 340 g/mol. The summed E-state index contributed by atoms with van der Waals surface area (Å²) in [5.41, 5.74) is 9.40. The molecule has 1 aliphatic carbocycles. The van der Waals surface area contributed by atoms with E-state index in [-0.39, 0.29) is 12.1 Å². The topological polar surface area (TPSA) is 88.8 Å². The van der Waals surface area contributed by atoms with Crippen molar-refractivity contribution in [3.8, 4) is 0 Å². The number of pyridine rings is 1. The van der Waals surface area contributed by atoms with Crippen molar-refractivity contribution in [2.75, 3.05) is 10.6 Å². The van der Waals surface area contributed by atoms with Gasteiger partial charge in [-0.3, -0.25) is 0 Å². The van der Waals surface area contributed by atoms with E-state index in [2.05, 4.69) is 47.7 Å². The summed E-state index contributed by atoms with van der Waals surface area (Å²) in [5, 5.41) is 15.1. The average molecular weight is 340 g/mol. The molecule has 0 spiro atoms. The first kappa shape index (κ1) is 17.6. The summed E-state index contributed by atoms with van der Waals surface area (Å²) in [6.45, 7) is 6.40. The molecule has 1 saturated carbocycles. The second kappa shape index (κ2) is 7.78. The summed E-state index contributed by atoms with van der Waals surface area (Å²) < 4.78 is 0. The molecule has 0 bridgehead atoms. The van der Waals surface area contributed by atoms with Crippen LogP contribution in [0.1, 0.15) is 56.7 Å². The Labute approximate surface area is 149 Å². The lowest BCUT2D eigenvalue weighted by Crippen LogP contribution is -2.42. The predicted octanol–water partition coefficient (Wildman–Crippen LogP) is 3.73. The normalized spacial score (nSPS) is 20.5. The summed E-state index contributed by atoms with van der Waals surface area (Å²) in [5.74, 6) is 1.97. The molecule has 0 aliphatic heterocycles. The highest BCUT2D eigenvalue weighted by molar-refractivity contribution is 5.59. The Hall–Kier alpha value is -2.21. The number of nitrogens with two attached hydrogens (primary N) is 1. The molecule has 2 heterocycles. The zero-order chi connectivity index (χ0) is 17.8. The minimum atomic E-state index is 0.180. The number of hydrogen-bond acceptors (Lipinski definition) is 6. The number of nitrogens with zero attached hydrogens (tertiary/aromatic N) is 3. The molecular formula is C19H28N6. The fourth-order valence-electron chi connectivity index (χ4n) is 3.38. The van der Waals surface area contributed by atoms with Gasteiger partial charge in [0.25, 0.3) is 0 Å². The third-order valence-electron chi connectivity index (χ3n) is 4.76. The molecule has 0 amide bonds. The van der Waals surface area contributed by atoms with Crippen LogP contribution in [0.3, 0.4) is 0 Å². The molecular weight excluding hydrogens is 312 g/mol. The molecule has 3 rings (SSSR count). The van der Waals surface area contributed by atoms with Gasteiger partial charge in [0.15, 0.2) is 5.82 Å². The molecule has 4 N–H and O–H groups in total. The summed E-state index contributed by atoms with van der Waals surface area (Å²) in [4.78, 5) is 4.72. The molecule has 2 aromatic rings. The van der Waals surface area contributed by atoms with Crippen LogP contribution in [0.25, 0.3) is 0 Å². The van der Waals surface area contributed by atoms with Crippen molar-refractivity contribution >= 4 is 17.3 Å². The first-order valence-corrected chi connectivity index (χ1v) is 9.12. The molecule has 0 unspecified atom stereocenters. The van der Waals surface area contributed by atoms with E-state index in [0.717, 1.165) is 35.9 Å². The minimum absolute atomic E-state index is 0.180. The van der Waals surface area contributed by atoms with Crippen LogP contribution in [0, 0.1) is 6.92 Å². The van der Waals surface area contributed by atoms with E-state index in [1.165, 1.54) is 18.4 Å². The molecule has 6 nitrogen and oxygen atoms in total. The number of aromatic nitrogens is 3. The standard InChI is InChI=1S/C19H28N6/c1-12(2)19-13(3)8-9-17(24-19)22-14-10-18(25-21-11-14)23-16-7-5-4-6-15(16)20/h8-12,15-16H,4-7,20H2,1-3H3,(H2,22,23,24,25)/t15-,16+/m0/s1. The van der Waals surface area contributed by atoms with Gasteiger partial charge in [-0.05, 0) is 37.3 Å². The molecule has 25 heavy (non-hydrogen) atoms. The van der Waals surface area contributed by atoms with Gasteiger partial charge in [0.2, 0.25) is 0 Å². The lowest BCUT2D eigenvalue weighted by Gasteiger charge is -2.29. The van der Waals surface area contributed by atoms with Crippen LogP contribution in [0.4, 0.5) is 17.3 Å². The number of nitrogens with one attached hydrogen (secondary N) is 2. The van der Waals surface area contributed by atoms with Gasteiger partial charge in [0.1, 0.15) is 5.82 Å². The van der Waals surface area contributed by atoms with Crippen LogP contribution < -0.4 is 16.4 Å². The van der Waals surface area contributed by atoms with Crippen molar-refractivity contribution in [3.05, 3.63) is 35.7 Å². The van der Waals surface area contributed by atoms with E-state index in [0.29, 0.717) is 5.92 Å². The number of rotatable bonds is 5. The third kappa shape index (κ3) is 4.45. The first-order chi connectivity index (χ1) is 12.0. The van der Waals surface area contributed by atoms with Crippen molar-refractivity contribution in [1.82, 2.24) is 15.2 Å². The van der Waals surface area contributed by atoms with Crippen molar-refractivity contribution in [2.24, 2.45) is 5.73 Å². The molecule has 1 fully saturated rings. The quantitative estimate of drug-likeness (QED) is 0.768. The van der Waals surface area contributed by atoms with Gasteiger partial charge in [-0.25, -0.2) is 4.98 Å². The molecule has 1 aliphatic rings. The summed E-state index contributed by atoms with van der Waals surface area (Å²) in [7, 11) is 0. The maximum absolute atomic E-state index is 6.21. The summed E-state index contributed by atoms with van der Waals surface area (Å²) >= 11 is 0. The lowest BCUT2D eigenvalue weighted by atomic mass is 9.91. The van der Waals surface area contributed by atoms with Gasteiger partial charge >= 0.3 is 0 Å². The zero-order valence-corrected chi connectivity index (χ0v) is 15.3. The number of anilines is 3. The SMILES string of the molecule is Cc1ccc(Nc2cnnc(N[C@@H]3CCCC[C@@H]3N)c2)nc1C(C)C. The Bertz CT molecular complexity index is 715. The average Bonchev–Trinajstić information content (AvgIpc) is 2.59. The molecule has 2 atom stereocenters. The largest absolute Gasteiger partial charge is 0.364 e.